The van der Waals surface area contributed by atoms with Crippen molar-refractivity contribution < 1.29 is 0 Å². The third kappa shape index (κ3) is 2.45. The van der Waals surface area contributed by atoms with E-state index in [1.54, 1.807) is 0 Å². The first-order valence-electron chi connectivity index (χ1n) is 6.35. The first-order valence-corrected chi connectivity index (χ1v) is 7.14. The van der Waals surface area contributed by atoms with Crippen molar-refractivity contribution in [3.63, 3.8) is 0 Å². The number of allylic oxidation sites excluding steroid dienone is 1. The lowest BCUT2D eigenvalue weighted by atomic mass is 9.76. The maximum absolute atomic E-state index is 4.26. The molecule has 2 nitrogen and oxygen atoms in total. The Labute approximate surface area is 111 Å². The van der Waals surface area contributed by atoms with Crippen LogP contribution in [0.3, 0.4) is 0 Å². The molecule has 1 saturated heterocycles. The number of aromatic nitrogens is 1. The van der Waals surface area contributed by atoms with E-state index in [1.807, 2.05) is 12.4 Å². The lowest BCUT2D eigenvalue weighted by Gasteiger charge is -2.34. The zero-order chi connectivity index (χ0) is 11.7. The van der Waals surface area contributed by atoms with Gasteiger partial charge in [-0.05, 0) is 70.8 Å². The smallest absolute Gasteiger partial charge is 0.0410 e. The molecule has 0 bridgehead atoms. The van der Waals surface area contributed by atoms with Gasteiger partial charge in [0.25, 0.3) is 0 Å². The van der Waals surface area contributed by atoms with Crippen molar-refractivity contribution in [1.82, 2.24) is 10.3 Å². The lowest BCUT2D eigenvalue weighted by molar-refractivity contribution is 0.279. The predicted octanol–water partition coefficient (Wildman–Crippen LogP) is 3.25. The van der Waals surface area contributed by atoms with Gasteiger partial charge in [-0.3, -0.25) is 4.98 Å². The highest BCUT2D eigenvalue weighted by molar-refractivity contribution is 9.10. The molecule has 0 aromatic carbocycles. The SMILES string of the molecule is Brc1cncc(C2=C[C@H]3CNCC[C@H]3CC2)c1. The monoisotopic (exact) mass is 292 g/mol. The van der Waals surface area contributed by atoms with Gasteiger partial charge in [0, 0.05) is 23.4 Å². The fourth-order valence-corrected chi connectivity index (χ4v) is 3.37. The van der Waals surface area contributed by atoms with Gasteiger partial charge in [0.05, 0.1) is 0 Å². The van der Waals surface area contributed by atoms with E-state index in [4.69, 9.17) is 0 Å². The Balaban J connectivity index is 1.86. The van der Waals surface area contributed by atoms with Crippen LogP contribution in [-0.2, 0) is 0 Å². The van der Waals surface area contributed by atoms with Crippen LogP contribution in [0.15, 0.2) is 29.0 Å². The number of rotatable bonds is 1. The van der Waals surface area contributed by atoms with Crippen LogP contribution in [-0.4, -0.2) is 18.1 Å². The minimum atomic E-state index is 0.728. The lowest BCUT2D eigenvalue weighted by Crippen LogP contribution is -2.37. The maximum Gasteiger partial charge on any atom is 0.0410 e. The molecule has 2 aliphatic rings. The number of piperidine rings is 1. The standard InChI is InChI=1S/C14H17BrN2/c15-14-6-13(8-17-9-14)11-2-1-10-3-4-16-7-12(10)5-11/h5-6,8-10,12,16H,1-4,7H2/t10-,12+/m1/s1. The van der Waals surface area contributed by atoms with Crippen molar-refractivity contribution in [2.45, 2.75) is 19.3 Å². The zero-order valence-corrected chi connectivity index (χ0v) is 11.4. The number of pyridine rings is 1. The summed E-state index contributed by atoms with van der Waals surface area (Å²) < 4.78 is 1.07. The van der Waals surface area contributed by atoms with Gasteiger partial charge in [-0.15, -0.1) is 0 Å². The van der Waals surface area contributed by atoms with E-state index in [0.29, 0.717) is 0 Å². The average molecular weight is 293 g/mol. The summed E-state index contributed by atoms with van der Waals surface area (Å²) in [5.41, 5.74) is 2.76. The van der Waals surface area contributed by atoms with Crippen LogP contribution in [0, 0.1) is 11.8 Å². The van der Waals surface area contributed by atoms with E-state index in [-0.39, 0.29) is 0 Å². The number of nitrogens with zero attached hydrogens (tertiary/aromatic N) is 1. The van der Waals surface area contributed by atoms with Gasteiger partial charge in [-0.2, -0.15) is 0 Å². The Morgan fingerprint density at radius 3 is 3.12 bits per heavy atom. The number of fused-ring (bicyclic) bond motifs is 1. The quantitative estimate of drug-likeness (QED) is 0.859. The van der Waals surface area contributed by atoms with E-state index in [1.165, 1.54) is 36.9 Å². The third-order valence-corrected chi connectivity index (χ3v) is 4.39. The van der Waals surface area contributed by atoms with Crippen molar-refractivity contribution in [3.8, 4) is 0 Å². The summed E-state index contributed by atoms with van der Waals surface area (Å²) in [6, 6.07) is 2.18. The molecule has 0 saturated carbocycles. The van der Waals surface area contributed by atoms with Crippen LogP contribution in [0.2, 0.25) is 0 Å². The van der Waals surface area contributed by atoms with Crippen molar-refractivity contribution in [2.75, 3.05) is 13.1 Å². The molecule has 3 heteroatoms. The third-order valence-electron chi connectivity index (χ3n) is 3.95. The Kier molecular flexibility index (Phi) is 3.30. The highest BCUT2D eigenvalue weighted by Gasteiger charge is 2.27. The van der Waals surface area contributed by atoms with Gasteiger partial charge in [0.1, 0.15) is 0 Å². The van der Waals surface area contributed by atoms with Crippen LogP contribution >= 0.6 is 15.9 Å². The molecule has 90 valence electrons. The van der Waals surface area contributed by atoms with Crippen LogP contribution in [0.25, 0.3) is 5.57 Å². The molecule has 1 aromatic heterocycles. The predicted molar refractivity (Wildman–Crippen MR) is 73.6 cm³/mol. The molecule has 1 N–H and O–H groups in total. The molecule has 1 aromatic rings. The van der Waals surface area contributed by atoms with Crippen LogP contribution in [0.4, 0.5) is 0 Å². The normalized spacial score (nSPS) is 28.4. The van der Waals surface area contributed by atoms with E-state index < -0.39 is 0 Å². The summed E-state index contributed by atoms with van der Waals surface area (Å²) in [5.74, 6) is 1.63. The highest BCUT2D eigenvalue weighted by Crippen LogP contribution is 2.36. The van der Waals surface area contributed by atoms with Crippen LogP contribution < -0.4 is 5.32 Å². The highest BCUT2D eigenvalue weighted by atomic mass is 79.9. The maximum atomic E-state index is 4.26. The summed E-state index contributed by atoms with van der Waals surface area (Å²) in [4.78, 5) is 4.26. The summed E-state index contributed by atoms with van der Waals surface area (Å²) in [6.45, 7) is 2.35. The topological polar surface area (TPSA) is 24.9 Å². The Hall–Kier alpha value is -0.670. The zero-order valence-electron chi connectivity index (χ0n) is 9.82. The number of nitrogens with one attached hydrogen (secondary N) is 1. The Bertz CT molecular complexity index is 442. The summed E-state index contributed by atoms with van der Waals surface area (Å²) in [5, 5.41) is 3.50. The van der Waals surface area contributed by atoms with Gasteiger partial charge in [-0.25, -0.2) is 0 Å². The molecular formula is C14H17BrN2. The van der Waals surface area contributed by atoms with Gasteiger partial charge in [0.15, 0.2) is 0 Å². The second-order valence-electron chi connectivity index (χ2n) is 5.04. The molecule has 2 atom stereocenters. The van der Waals surface area contributed by atoms with Crippen molar-refractivity contribution in [3.05, 3.63) is 34.6 Å². The van der Waals surface area contributed by atoms with Gasteiger partial charge in [0.2, 0.25) is 0 Å². The average Bonchev–Trinajstić information content (AvgIpc) is 2.38. The van der Waals surface area contributed by atoms with Gasteiger partial charge >= 0.3 is 0 Å². The van der Waals surface area contributed by atoms with Crippen LogP contribution in [0.5, 0.6) is 0 Å². The first kappa shape index (κ1) is 11.4. The number of hydrogen-bond donors (Lipinski definition) is 1. The largest absolute Gasteiger partial charge is 0.316 e. The fraction of sp³-hybridized carbons (Fsp3) is 0.500. The molecular weight excluding hydrogens is 276 g/mol. The second kappa shape index (κ2) is 4.91. The van der Waals surface area contributed by atoms with Crippen molar-refractivity contribution in [1.29, 1.82) is 0 Å². The number of hydrogen-bond acceptors (Lipinski definition) is 2. The fourth-order valence-electron chi connectivity index (χ4n) is 3.00. The van der Waals surface area contributed by atoms with Crippen molar-refractivity contribution in [2.24, 2.45) is 11.8 Å². The molecule has 0 unspecified atom stereocenters. The molecule has 0 spiro atoms. The number of halogens is 1. The molecule has 1 aliphatic carbocycles. The molecule has 1 aliphatic heterocycles. The van der Waals surface area contributed by atoms with Crippen LogP contribution in [0.1, 0.15) is 24.8 Å². The first-order chi connectivity index (χ1) is 8.33. The van der Waals surface area contributed by atoms with E-state index in [0.717, 1.165) is 22.9 Å². The van der Waals surface area contributed by atoms with Gasteiger partial charge in [-0.1, -0.05) is 6.08 Å². The molecule has 3 rings (SSSR count). The molecule has 17 heavy (non-hydrogen) atoms. The van der Waals surface area contributed by atoms with E-state index in [9.17, 15) is 0 Å². The summed E-state index contributed by atoms with van der Waals surface area (Å²) in [6.07, 6.45) is 10.2. The Morgan fingerprint density at radius 2 is 2.24 bits per heavy atom. The van der Waals surface area contributed by atoms with Gasteiger partial charge < -0.3 is 5.32 Å². The second-order valence-corrected chi connectivity index (χ2v) is 5.95. The molecule has 2 heterocycles. The Morgan fingerprint density at radius 1 is 1.29 bits per heavy atom. The minimum absolute atomic E-state index is 0.728. The van der Waals surface area contributed by atoms with E-state index in [2.05, 4.69) is 38.4 Å². The molecule has 0 radical (unpaired) electrons. The summed E-state index contributed by atoms with van der Waals surface area (Å²) >= 11 is 3.50. The molecule has 1 fully saturated rings. The van der Waals surface area contributed by atoms with Crippen molar-refractivity contribution >= 4 is 21.5 Å². The molecule has 0 amide bonds. The van der Waals surface area contributed by atoms with E-state index >= 15 is 0 Å². The summed E-state index contributed by atoms with van der Waals surface area (Å²) in [7, 11) is 0. The minimum Gasteiger partial charge on any atom is -0.316 e.